The van der Waals surface area contributed by atoms with Gasteiger partial charge >= 0.3 is 5.97 Å². The van der Waals surface area contributed by atoms with E-state index in [1.54, 1.807) is 24.3 Å². The SMILES string of the molecule is CC(=O)Nc1ccc2c(C(=O)O)nccc2c1. The van der Waals surface area contributed by atoms with Crippen LogP contribution in [0.25, 0.3) is 10.8 Å². The highest BCUT2D eigenvalue weighted by Crippen LogP contribution is 2.21. The van der Waals surface area contributed by atoms with Crippen LogP contribution in [0, 0.1) is 0 Å². The van der Waals surface area contributed by atoms with E-state index < -0.39 is 5.97 Å². The van der Waals surface area contributed by atoms with Gasteiger partial charge in [0, 0.05) is 24.2 Å². The summed E-state index contributed by atoms with van der Waals surface area (Å²) >= 11 is 0. The molecule has 0 atom stereocenters. The molecule has 0 saturated heterocycles. The van der Waals surface area contributed by atoms with Crippen molar-refractivity contribution in [2.24, 2.45) is 0 Å². The van der Waals surface area contributed by atoms with Crippen LogP contribution >= 0.6 is 0 Å². The van der Waals surface area contributed by atoms with Crippen LogP contribution in [0.1, 0.15) is 17.4 Å². The fourth-order valence-corrected chi connectivity index (χ4v) is 1.63. The van der Waals surface area contributed by atoms with E-state index >= 15 is 0 Å². The number of anilines is 1. The Bertz CT molecular complexity index is 608. The van der Waals surface area contributed by atoms with E-state index in [9.17, 15) is 9.59 Å². The van der Waals surface area contributed by atoms with Gasteiger partial charge < -0.3 is 10.4 Å². The van der Waals surface area contributed by atoms with Crippen LogP contribution in [0.4, 0.5) is 5.69 Å². The van der Waals surface area contributed by atoms with Crippen molar-refractivity contribution in [3.05, 3.63) is 36.2 Å². The summed E-state index contributed by atoms with van der Waals surface area (Å²) in [6, 6.07) is 6.70. The van der Waals surface area contributed by atoms with Gasteiger partial charge in [0.25, 0.3) is 0 Å². The molecule has 0 spiro atoms. The monoisotopic (exact) mass is 230 g/mol. The number of rotatable bonds is 2. The van der Waals surface area contributed by atoms with Crippen LogP contribution in [0.15, 0.2) is 30.5 Å². The normalized spacial score (nSPS) is 10.2. The Kier molecular flexibility index (Phi) is 2.74. The summed E-state index contributed by atoms with van der Waals surface area (Å²) in [6.45, 7) is 1.42. The topological polar surface area (TPSA) is 79.3 Å². The number of fused-ring (bicyclic) bond motifs is 1. The van der Waals surface area contributed by atoms with Gasteiger partial charge in [-0.1, -0.05) is 0 Å². The number of carbonyl (C=O) groups excluding carboxylic acids is 1. The lowest BCUT2D eigenvalue weighted by Crippen LogP contribution is -2.06. The first-order valence-corrected chi connectivity index (χ1v) is 4.97. The van der Waals surface area contributed by atoms with Crippen LogP contribution in [0.3, 0.4) is 0 Å². The standard InChI is InChI=1S/C12H10N2O3/c1-7(15)14-9-2-3-10-8(6-9)4-5-13-11(10)12(16)17/h2-6H,1H3,(H,14,15)(H,16,17). The molecule has 0 saturated carbocycles. The number of amides is 1. The maximum atomic E-state index is 10.9. The van der Waals surface area contributed by atoms with Crippen molar-refractivity contribution in [3.8, 4) is 0 Å². The Morgan fingerprint density at radius 2 is 2.06 bits per heavy atom. The minimum atomic E-state index is -1.07. The first kappa shape index (κ1) is 11.1. The fraction of sp³-hybridized carbons (Fsp3) is 0.0833. The fourth-order valence-electron chi connectivity index (χ4n) is 1.63. The van der Waals surface area contributed by atoms with Crippen molar-refractivity contribution >= 4 is 28.3 Å². The lowest BCUT2D eigenvalue weighted by molar-refractivity contribution is -0.114. The summed E-state index contributed by atoms with van der Waals surface area (Å²) in [7, 11) is 0. The molecule has 86 valence electrons. The lowest BCUT2D eigenvalue weighted by atomic mass is 10.1. The average molecular weight is 230 g/mol. The predicted molar refractivity (Wildman–Crippen MR) is 63.0 cm³/mol. The van der Waals surface area contributed by atoms with Crippen molar-refractivity contribution in [1.29, 1.82) is 0 Å². The molecule has 0 bridgehead atoms. The summed E-state index contributed by atoms with van der Waals surface area (Å²) in [4.78, 5) is 25.7. The molecule has 2 N–H and O–H groups in total. The molecule has 0 aliphatic heterocycles. The molecule has 2 rings (SSSR count). The van der Waals surface area contributed by atoms with Gasteiger partial charge in [0.05, 0.1) is 0 Å². The van der Waals surface area contributed by atoms with Gasteiger partial charge in [-0.05, 0) is 29.7 Å². The van der Waals surface area contributed by atoms with Crippen LogP contribution in [0.2, 0.25) is 0 Å². The number of benzene rings is 1. The molecule has 17 heavy (non-hydrogen) atoms. The quantitative estimate of drug-likeness (QED) is 0.825. The number of carboxylic acid groups (broad SMARTS) is 1. The van der Waals surface area contributed by atoms with Crippen LogP contribution in [0.5, 0.6) is 0 Å². The number of carboxylic acids is 1. The van der Waals surface area contributed by atoms with E-state index in [0.717, 1.165) is 5.39 Å². The molecule has 1 amide bonds. The van der Waals surface area contributed by atoms with E-state index in [1.807, 2.05) is 0 Å². The van der Waals surface area contributed by atoms with Gasteiger partial charge in [0.2, 0.25) is 5.91 Å². The molecule has 2 aromatic rings. The highest BCUT2D eigenvalue weighted by Gasteiger charge is 2.09. The van der Waals surface area contributed by atoms with Crippen molar-refractivity contribution in [2.45, 2.75) is 6.92 Å². The number of hydrogen-bond acceptors (Lipinski definition) is 3. The van der Waals surface area contributed by atoms with Crippen molar-refractivity contribution in [2.75, 3.05) is 5.32 Å². The number of aromatic nitrogens is 1. The highest BCUT2D eigenvalue weighted by molar-refractivity contribution is 6.03. The number of nitrogens with zero attached hydrogens (tertiary/aromatic N) is 1. The van der Waals surface area contributed by atoms with Crippen LogP contribution in [-0.2, 0) is 4.79 Å². The molecular formula is C12H10N2O3. The van der Waals surface area contributed by atoms with Gasteiger partial charge in [-0.3, -0.25) is 4.79 Å². The third kappa shape index (κ3) is 2.23. The maximum Gasteiger partial charge on any atom is 0.355 e. The Morgan fingerprint density at radius 3 is 2.71 bits per heavy atom. The van der Waals surface area contributed by atoms with Crippen LogP contribution in [-0.4, -0.2) is 22.0 Å². The number of carbonyl (C=O) groups is 2. The summed E-state index contributed by atoms with van der Waals surface area (Å²) in [6.07, 6.45) is 1.43. The first-order valence-electron chi connectivity index (χ1n) is 4.97. The predicted octanol–water partition coefficient (Wildman–Crippen LogP) is 1.89. The Hall–Kier alpha value is -2.43. The molecule has 0 aliphatic carbocycles. The molecule has 1 heterocycles. The largest absolute Gasteiger partial charge is 0.476 e. The smallest absolute Gasteiger partial charge is 0.355 e. The summed E-state index contributed by atoms with van der Waals surface area (Å²) < 4.78 is 0. The van der Waals surface area contributed by atoms with Crippen molar-refractivity contribution in [3.63, 3.8) is 0 Å². The molecule has 0 radical (unpaired) electrons. The van der Waals surface area contributed by atoms with Crippen molar-refractivity contribution < 1.29 is 14.7 Å². The summed E-state index contributed by atoms with van der Waals surface area (Å²) in [5, 5.41) is 12.9. The second kappa shape index (κ2) is 4.21. The lowest BCUT2D eigenvalue weighted by Gasteiger charge is -2.05. The van der Waals surface area contributed by atoms with Crippen molar-refractivity contribution in [1.82, 2.24) is 4.98 Å². The zero-order valence-corrected chi connectivity index (χ0v) is 9.10. The summed E-state index contributed by atoms with van der Waals surface area (Å²) in [5.41, 5.74) is 0.643. The second-order valence-corrected chi connectivity index (χ2v) is 3.58. The zero-order valence-electron chi connectivity index (χ0n) is 9.10. The molecule has 0 unspecified atom stereocenters. The number of pyridine rings is 1. The Morgan fingerprint density at radius 1 is 1.29 bits per heavy atom. The van der Waals surface area contributed by atoms with E-state index in [4.69, 9.17) is 5.11 Å². The van der Waals surface area contributed by atoms with Gasteiger partial charge in [-0.15, -0.1) is 0 Å². The molecule has 5 nitrogen and oxygen atoms in total. The van der Waals surface area contributed by atoms with Gasteiger partial charge in [0.15, 0.2) is 5.69 Å². The van der Waals surface area contributed by atoms with E-state index in [0.29, 0.717) is 11.1 Å². The number of hydrogen-bond donors (Lipinski definition) is 2. The highest BCUT2D eigenvalue weighted by atomic mass is 16.4. The third-order valence-corrected chi connectivity index (χ3v) is 2.29. The molecule has 5 heteroatoms. The Labute approximate surface area is 97.1 Å². The van der Waals surface area contributed by atoms with E-state index in [1.165, 1.54) is 13.1 Å². The minimum Gasteiger partial charge on any atom is -0.476 e. The minimum absolute atomic E-state index is 0.0110. The van der Waals surface area contributed by atoms with Crippen LogP contribution < -0.4 is 5.32 Å². The molecule has 1 aromatic heterocycles. The zero-order chi connectivity index (χ0) is 12.4. The molecular weight excluding hydrogens is 220 g/mol. The molecule has 0 fully saturated rings. The van der Waals surface area contributed by atoms with E-state index in [2.05, 4.69) is 10.3 Å². The first-order chi connectivity index (χ1) is 8.08. The van der Waals surface area contributed by atoms with Gasteiger partial charge in [-0.25, -0.2) is 9.78 Å². The second-order valence-electron chi connectivity index (χ2n) is 3.58. The Balaban J connectivity index is 2.56. The third-order valence-electron chi connectivity index (χ3n) is 2.29. The van der Waals surface area contributed by atoms with E-state index in [-0.39, 0.29) is 11.6 Å². The number of aromatic carboxylic acids is 1. The average Bonchev–Trinajstić information content (AvgIpc) is 2.26. The number of nitrogens with one attached hydrogen (secondary N) is 1. The van der Waals surface area contributed by atoms with Gasteiger partial charge in [-0.2, -0.15) is 0 Å². The maximum absolute atomic E-state index is 10.9. The molecule has 1 aromatic carbocycles. The van der Waals surface area contributed by atoms with Gasteiger partial charge in [0.1, 0.15) is 0 Å². The summed E-state index contributed by atoms with van der Waals surface area (Å²) in [5.74, 6) is -1.24. The molecule has 0 aliphatic rings.